The number of rotatable bonds is 0. The van der Waals surface area contributed by atoms with Gasteiger partial charge in [-0.25, -0.2) is 0 Å². The van der Waals surface area contributed by atoms with E-state index in [1.807, 2.05) is 19.9 Å². The Balaban J connectivity index is 3.44. The number of aryl methyl sites for hydroxylation is 2. The molecule has 1 aromatic rings. The minimum atomic E-state index is 0.935. The van der Waals surface area contributed by atoms with Gasteiger partial charge in [0.1, 0.15) is 0 Å². The van der Waals surface area contributed by atoms with Gasteiger partial charge in [-0.3, -0.25) is 0 Å². The van der Waals surface area contributed by atoms with E-state index in [0.717, 1.165) is 11.1 Å². The molecule has 0 aromatic heterocycles. The fourth-order valence-electron chi connectivity index (χ4n) is 1.14. The zero-order valence-corrected chi connectivity index (χ0v) is 7.15. The highest BCUT2D eigenvalue weighted by molar-refractivity contribution is 5.47. The summed E-state index contributed by atoms with van der Waals surface area (Å²) in [6.45, 7) is 6.08. The van der Waals surface area contributed by atoms with E-state index in [0.29, 0.717) is 0 Å². The maximum absolute atomic E-state index is 7.07. The zero-order chi connectivity index (χ0) is 8.43. The summed E-state index contributed by atoms with van der Waals surface area (Å²) in [6.07, 6.45) is 7.07. The first kappa shape index (κ1) is 7.88. The summed E-state index contributed by atoms with van der Waals surface area (Å²) in [5.41, 5.74) is 4.46. The molecule has 0 fully saturated rings. The Labute approximate surface area is 68.3 Å². The molecule has 1 radical (unpaired) electrons. The Hall–Kier alpha value is -1.22. The summed E-state index contributed by atoms with van der Waals surface area (Å²) in [5.74, 6) is 2.45. The van der Waals surface area contributed by atoms with Gasteiger partial charge in [-0.05, 0) is 43.9 Å². The van der Waals surface area contributed by atoms with Gasteiger partial charge < -0.3 is 0 Å². The fourth-order valence-corrected chi connectivity index (χ4v) is 1.14. The Morgan fingerprint density at radius 2 is 1.64 bits per heavy atom. The first-order chi connectivity index (χ1) is 5.16. The van der Waals surface area contributed by atoms with Gasteiger partial charge in [0.15, 0.2) is 0 Å². The second kappa shape index (κ2) is 2.80. The molecule has 0 saturated heterocycles. The molecule has 0 atom stereocenters. The second-order valence-corrected chi connectivity index (χ2v) is 2.82. The predicted octanol–water partition coefficient (Wildman–Crippen LogP) is 2.55. The van der Waals surface area contributed by atoms with Crippen LogP contribution in [0.5, 0.6) is 0 Å². The Morgan fingerprint density at radius 3 is 2.09 bits per heavy atom. The molecular weight excluding hydrogens is 132 g/mol. The summed E-state index contributed by atoms with van der Waals surface area (Å²) < 4.78 is 0. The third-order valence-corrected chi connectivity index (χ3v) is 2.07. The first-order valence-corrected chi connectivity index (χ1v) is 3.66. The van der Waals surface area contributed by atoms with Gasteiger partial charge in [0.05, 0.1) is 0 Å². The van der Waals surface area contributed by atoms with E-state index in [-0.39, 0.29) is 0 Å². The van der Waals surface area contributed by atoms with Crippen molar-refractivity contribution in [3.63, 3.8) is 0 Å². The summed E-state index contributed by atoms with van der Waals surface area (Å²) in [5, 5.41) is 0. The molecule has 0 bridgehead atoms. The minimum Gasteiger partial charge on any atom is -0.0587 e. The first-order valence-electron chi connectivity index (χ1n) is 3.66. The highest BCUT2D eigenvalue weighted by Gasteiger charge is 2.00. The normalized spacial score (nSPS) is 9.27. The number of benzene rings is 1. The lowest BCUT2D eigenvalue weighted by molar-refractivity contribution is 1.27. The van der Waals surface area contributed by atoms with E-state index >= 15 is 0 Å². The molecule has 0 amide bonds. The van der Waals surface area contributed by atoms with Gasteiger partial charge in [-0.2, -0.15) is 0 Å². The van der Waals surface area contributed by atoms with Crippen molar-refractivity contribution >= 4 is 0 Å². The van der Waals surface area contributed by atoms with Crippen LogP contribution in [-0.2, 0) is 0 Å². The Kier molecular flexibility index (Phi) is 2.01. The van der Waals surface area contributed by atoms with Crippen LogP contribution in [0.1, 0.15) is 22.3 Å². The fraction of sp³-hybridized carbons (Fsp3) is 0.273. The lowest BCUT2D eigenvalue weighted by Crippen LogP contribution is -1.90. The maximum Gasteiger partial charge on any atom is 0.0316 e. The van der Waals surface area contributed by atoms with Crippen molar-refractivity contribution < 1.29 is 0 Å². The second-order valence-electron chi connectivity index (χ2n) is 2.82. The third-order valence-electron chi connectivity index (χ3n) is 2.07. The van der Waals surface area contributed by atoms with Gasteiger partial charge in [-0.15, -0.1) is 0 Å². The van der Waals surface area contributed by atoms with Crippen LogP contribution in [0.25, 0.3) is 0 Å². The molecule has 0 unspecified atom stereocenters. The molecule has 0 N–H and O–H groups in total. The predicted molar refractivity (Wildman–Crippen MR) is 46.9 cm³/mol. The molecule has 0 saturated carbocycles. The van der Waals surface area contributed by atoms with Crippen molar-refractivity contribution in [3.8, 4) is 5.92 Å². The van der Waals surface area contributed by atoms with Crippen LogP contribution in [0.3, 0.4) is 0 Å². The van der Waals surface area contributed by atoms with Crippen LogP contribution in [0.2, 0.25) is 0 Å². The van der Waals surface area contributed by atoms with E-state index in [1.54, 1.807) is 0 Å². The van der Waals surface area contributed by atoms with Crippen LogP contribution >= 0.6 is 0 Å². The summed E-state index contributed by atoms with van der Waals surface area (Å²) in [6, 6.07) is 4.10. The zero-order valence-electron chi connectivity index (χ0n) is 7.15. The molecule has 0 aliphatic heterocycles. The van der Waals surface area contributed by atoms with Crippen molar-refractivity contribution in [1.82, 2.24) is 0 Å². The highest BCUT2D eigenvalue weighted by atomic mass is 14.0. The Bertz CT molecular complexity index is 314. The minimum absolute atomic E-state index is 0.935. The molecule has 0 nitrogen and oxygen atoms in total. The molecule has 55 valence electrons. The van der Waals surface area contributed by atoms with Crippen LogP contribution < -0.4 is 0 Å². The molecule has 0 heteroatoms. The van der Waals surface area contributed by atoms with Crippen molar-refractivity contribution in [3.05, 3.63) is 40.8 Å². The van der Waals surface area contributed by atoms with Crippen LogP contribution in [-0.4, -0.2) is 0 Å². The van der Waals surface area contributed by atoms with Crippen molar-refractivity contribution in [1.29, 1.82) is 0 Å². The monoisotopic (exact) mass is 143 g/mol. The van der Waals surface area contributed by atoms with E-state index < -0.39 is 0 Å². The molecule has 0 aliphatic rings. The Morgan fingerprint density at radius 1 is 1.09 bits per heavy atom. The lowest BCUT2D eigenvalue weighted by Gasteiger charge is -2.05. The van der Waals surface area contributed by atoms with E-state index in [2.05, 4.69) is 18.9 Å². The highest BCUT2D eigenvalue weighted by Crippen LogP contribution is 2.15. The molecule has 11 heavy (non-hydrogen) atoms. The van der Waals surface area contributed by atoms with Crippen molar-refractivity contribution in [2.24, 2.45) is 0 Å². The standard InChI is InChI=1S/C11H11/c1-5-11-9(3)7-6-8(2)10(11)4/h6-7H,2-4H3. The quantitative estimate of drug-likeness (QED) is 0.489. The van der Waals surface area contributed by atoms with Gasteiger partial charge in [0.2, 0.25) is 0 Å². The molecule has 0 heterocycles. The average Bonchev–Trinajstić information content (AvgIpc) is 1.99. The van der Waals surface area contributed by atoms with E-state index in [9.17, 15) is 0 Å². The topological polar surface area (TPSA) is 0 Å². The largest absolute Gasteiger partial charge is 0.0587 e. The molecule has 0 aliphatic carbocycles. The molecule has 1 aromatic carbocycles. The molecule has 1 rings (SSSR count). The van der Waals surface area contributed by atoms with Gasteiger partial charge in [0, 0.05) is 5.56 Å². The maximum atomic E-state index is 7.07. The number of hydrogen-bond donors (Lipinski definition) is 0. The lowest BCUT2D eigenvalue weighted by atomic mass is 9.99. The molecular formula is C11H11. The molecule has 0 spiro atoms. The van der Waals surface area contributed by atoms with Gasteiger partial charge in [0.25, 0.3) is 0 Å². The van der Waals surface area contributed by atoms with Crippen LogP contribution in [0.15, 0.2) is 12.1 Å². The van der Waals surface area contributed by atoms with Gasteiger partial charge >= 0.3 is 0 Å². The summed E-state index contributed by atoms with van der Waals surface area (Å²) in [7, 11) is 0. The van der Waals surface area contributed by atoms with Crippen LogP contribution in [0.4, 0.5) is 0 Å². The number of hydrogen-bond acceptors (Lipinski definition) is 0. The van der Waals surface area contributed by atoms with E-state index in [1.165, 1.54) is 11.1 Å². The average molecular weight is 143 g/mol. The van der Waals surface area contributed by atoms with Crippen molar-refractivity contribution in [2.45, 2.75) is 20.8 Å². The third kappa shape index (κ3) is 1.28. The smallest absolute Gasteiger partial charge is 0.0316 e. The van der Waals surface area contributed by atoms with E-state index in [4.69, 9.17) is 6.42 Å². The SMILES string of the molecule is [C]#Cc1c(C)ccc(C)c1C. The summed E-state index contributed by atoms with van der Waals surface area (Å²) >= 11 is 0. The van der Waals surface area contributed by atoms with Crippen molar-refractivity contribution in [2.75, 3.05) is 0 Å². The summed E-state index contributed by atoms with van der Waals surface area (Å²) in [4.78, 5) is 0. The van der Waals surface area contributed by atoms with Crippen LogP contribution in [0, 0.1) is 33.1 Å². The van der Waals surface area contributed by atoms with Gasteiger partial charge in [-0.1, -0.05) is 18.1 Å².